The van der Waals surface area contributed by atoms with E-state index in [0.717, 1.165) is 55.9 Å². The molecule has 5 heteroatoms. The zero-order chi connectivity index (χ0) is 22.7. The fourth-order valence-electron chi connectivity index (χ4n) is 5.99. The molecule has 0 aromatic heterocycles. The number of piperidine rings is 1. The third-order valence-corrected chi connectivity index (χ3v) is 8.05. The minimum atomic E-state index is -0.0890. The minimum Gasteiger partial charge on any atom is -0.342 e. The van der Waals surface area contributed by atoms with Crippen molar-refractivity contribution in [1.82, 2.24) is 15.1 Å². The Morgan fingerprint density at radius 3 is 2.56 bits per heavy atom. The summed E-state index contributed by atoms with van der Waals surface area (Å²) < 4.78 is 0. The first-order chi connectivity index (χ1) is 15.5. The maximum atomic E-state index is 13.8. The third kappa shape index (κ3) is 4.33. The topological polar surface area (TPSA) is 35.6 Å². The number of halogens is 1. The Balaban J connectivity index is 1.54. The van der Waals surface area contributed by atoms with Gasteiger partial charge in [-0.05, 0) is 74.5 Å². The first kappa shape index (κ1) is 23.3. The molecular weight excluding hydrogens is 418 g/mol. The van der Waals surface area contributed by atoms with Gasteiger partial charge in [-0.25, -0.2) is 0 Å². The minimum absolute atomic E-state index is 0.0568. The summed E-state index contributed by atoms with van der Waals surface area (Å²) in [6.45, 7) is 5.54. The fourth-order valence-corrected chi connectivity index (χ4v) is 6.19. The van der Waals surface area contributed by atoms with Crippen LogP contribution in [0.4, 0.5) is 0 Å². The molecular formula is C27H36ClN3O. The molecule has 172 valence electrons. The van der Waals surface area contributed by atoms with Crippen LogP contribution >= 0.6 is 11.6 Å². The van der Waals surface area contributed by atoms with Crippen LogP contribution < -0.4 is 5.32 Å². The molecule has 2 aromatic carbocycles. The van der Waals surface area contributed by atoms with Crippen LogP contribution in [0.2, 0.25) is 5.02 Å². The summed E-state index contributed by atoms with van der Waals surface area (Å²) in [6.07, 6.45) is 4.00. The zero-order valence-corrected chi connectivity index (χ0v) is 20.4. The molecule has 2 aromatic rings. The molecule has 1 saturated heterocycles. The van der Waals surface area contributed by atoms with Crippen LogP contribution in [0.3, 0.4) is 0 Å². The Hall–Kier alpha value is -1.88. The summed E-state index contributed by atoms with van der Waals surface area (Å²) in [6, 6.07) is 16.9. The molecule has 1 amide bonds. The lowest BCUT2D eigenvalue weighted by atomic mass is 9.74. The van der Waals surface area contributed by atoms with Gasteiger partial charge in [-0.3, -0.25) is 9.69 Å². The van der Waals surface area contributed by atoms with E-state index in [9.17, 15) is 4.79 Å². The van der Waals surface area contributed by atoms with Crippen LogP contribution in [-0.2, 0) is 16.8 Å². The van der Waals surface area contributed by atoms with Crippen molar-refractivity contribution >= 4 is 17.5 Å². The van der Waals surface area contributed by atoms with Crippen molar-refractivity contribution in [2.75, 3.05) is 40.3 Å². The molecule has 0 radical (unpaired) electrons. The quantitative estimate of drug-likeness (QED) is 0.690. The molecule has 1 N–H and O–H groups in total. The number of rotatable bonds is 6. The number of hydrogen-bond acceptors (Lipinski definition) is 3. The molecule has 0 saturated carbocycles. The highest BCUT2D eigenvalue weighted by molar-refractivity contribution is 6.30. The first-order valence-corrected chi connectivity index (χ1v) is 12.4. The molecule has 0 aliphatic carbocycles. The number of carbonyl (C=O) groups is 1. The van der Waals surface area contributed by atoms with Gasteiger partial charge in [0.2, 0.25) is 5.91 Å². The van der Waals surface area contributed by atoms with Gasteiger partial charge in [0.05, 0.1) is 5.92 Å². The van der Waals surface area contributed by atoms with E-state index >= 15 is 0 Å². The Morgan fingerprint density at radius 2 is 1.88 bits per heavy atom. The van der Waals surface area contributed by atoms with Crippen molar-refractivity contribution in [3.63, 3.8) is 0 Å². The lowest BCUT2D eigenvalue weighted by molar-refractivity contribution is -0.139. The number of likely N-dealkylation sites (N-methyl/N-ethyl adjacent to an activating group) is 1. The first-order valence-electron chi connectivity index (χ1n) is 12.0. The molecule has 4 nitrogen and oxygen atoms in total. The standard InChI is InChI=1S/C27H36ClN3O/c1-4-23(21-9-7-10-22(28)18-21)24(19-29-2)26(32)31-16-13-27(14-17-31)25-11-6-5-8-20(25)12-15-30(27)3/h5-11,18,23-24,29H,4,12-17,19H2,1-3H3/t23-,24+/m0/s1. The number of hydrogen-bond donors (Lipinski definition) is 1. The molecule has 0 unspecified atom stereocenters. The molecule has 2 aliphatic rings. The average Bonchev–Trinajstić information content (AvgIpc) is 2.82. The number of benzene rings is 2. The normalized spacial score (nSPS) is 20.1. The van der Waals surface area contributed by atoms with Gasteiger partial charge in [-0.15, -0.1) is 0 Å². The predicted molar refractivity (Wildman–Crippen MR) is 132 cm³/mol. The highest BCUT2D eigenvalue weighted by Crippen LogP contribution is 2.43. The van der Waals surface area contributed by atoms with Gasteiger partial charge >= 0.3 is 0 Å². The van der Waals surface area contributed by atoms with Gasteiger partial charge in [0, 0.05) is 36.7 Å². The number of likely N-dealkylation sites (tertiary alicyclic amines) is 1. The zero-order valence-electron chi connectivity index (χ0n) is 19.6. The lowest BCUT2D eigenvalue weighted by Gasteiger charge is -2.51. The Labute approximate surface area is 197 Å². The van der Waals surface area contributed by atoms with Crippen LogP contribution in [0.1, 0.15) is 48.8 Å². The Kier molecular flexibility index (Phi) is 7.24. The smallest absolute Gasteiger partial charge is 0.227 e. The van der Waals surface area contributed by atoms with Crippen molar-refractivity contribution in [2.24, 2.45) is 5.92 Å². The van der Waals surface area contributed by atoms with Gasteiger partial charge in [0.25, 0.3) is 0 Å². The second-order valence-electron chi connectivity index (χ2n) is 9.42. The summed E-state index contributed by atoms with van der Waals surface area (Å²) in [5, 5.41) is 4.01. The highest BCUT2D eigenvalue weighted by atomic mass is 35.5. The van der Waals surface area contributed by atoms with Crippen molar-refractivity contribution < 1.29 is 4.79 Å². The largest absolute Gasteiger partial charge is 0.342 e. The van der Waals surface area contributed by atoms with Gasteiger partial charge < -0.3 is 10.2 Å². The van der Waals surface area contributed by atoms with Crippen LogP contribution in [0.25, 0.3) is 0 Å². The van der Waals surface area contributed by atoms with E-state index in [1.165, 1.54) is 11.1 Å². The SMILES string of the molecule is CC[C@@H](c1cccc(Cl)c1)[C@@H](CNC)C(=O)N1CCC2(CC1)c1ccccc1CCN2C. The molecule has 1 fully saturated rings. The van der Waals surface area contributed by atoms with Gasteiger partial charge in [-0.1, -0.05) is 54.9 Å². The average molecular weight is 454 g/mol. The van der Waals surface area contributed by atoms with E-state index in [0.29, 0.717) is 6.54 Å². The van der Waals surface area contributed by atoms with Crippen LogP contribution in [0.15, 0.2) is 48.5 Å². The van der Waals surface area contributed by atoms with Crippen molar-refractivity contribution in [3.8, 4) is 0 Å². The van der Waals surface area contributed by atoms with Crippen molar-refractivity contribution in [2.45, 2.75) is 44.1 Å². The molecule has 0 bridgehead atoms. The summed E-state index contributed by atoms with van der Waals surface area (Å²) in [5.41, 5.74) is 4.16. The van der Waals surface area contributed by atoms with E-state index < -0.39 is 0 Å². The van der Waals surface area contributed by atoms with E-state index in [-0.39, 0.29) is 23.3 Å². The van der Waals surface area contributed by atoms with Crippen LogP contribution in [-0.4, -0.2) is 56.0 Å². The molecule has 2 heterocycles. The Bertz CT molecular complexity index is 938. The number of amides is 1. The lowest BCUT2D eigenvalue weighted by Crippen LogP contribution is -2.56. The van der Waals surface area contributed by atoms with Crippen molar-refractivity contribution in [1.29, 1.82) is 0 Å². The number of carbonyl (C=O) groups excluding carboxylic acids is 1. The third-order valence-electron chi connectivity index (χ3n) is 7.81. The van der Waals surface area contributed by atoms with Gasteiger partial charge in [0.1, 0.15) is 0 Å². The fraction of sp³-hybridized carbons (Fsp3) is 0.519. The Morgan fingerprint density at radius 1 is 1.12 bits per heavy atom. The second-order valence-corrected chi connectivity index (χ2v) is 9.86. The number of nitrogens with one attached hydrogen (secondary N) is 1. The molecule has 1 spiro atoms. The van der Waals surface area contributed by atoms with E-state index in [1.807, 2.05) is 25.2 Å². The van der Waals surface area contributed by atoms with Gasteiger partial charge in [0.15, 0.2) is 0 Å². The highest BCUT2D eigenvalue weighted by Gasteiger charge is 2.44. The summed E-state index contributed by atoms with van der Waals surface area (Å²) in [5.74, 6) is 0.337. The van der Waals surface area contributed by atoms with E-state index in [2.05, 4.69) is 59.4 Å². The predicted octanol–water partition coefficient (Wildman–Crippen LogP) is 4.68. The van der Waals surface area contributed by atoms with Gasteiger partial charge in [-0.2, -0.15) is 0 Å². The molecule has 2 atom stereocenters. The molecule has 32 heavy (non-hydrogen) atoms. The van der Waals surface area contributed by atoms with E-state index in [4.69, 9.17) is 11.6 Å². The summed E-state index contributed by atoms with van der Waals surface area (Å²) in [7, 11) is 4.19. The summed E-state index contributed by atoms with van der Waals surface area (Å²) >= 11 is 6.28. The molecule has 2 aliphatic heterocycles. The number of nitrogens with zero attached hydrogens (tertiary/aromatic N) is 2. The van der Waals surface area contributed by atoms with E-state index in [1.54, 1.807) is 0 Å². The summed E-state index contributed by atoms with van der Waals surface area (Å²) in [4.78, 5) is 18.4. The van der Waals surface area contributed by atoms with Crippen molar-refractivity contribution in [3.05, 3.63) is 70.2 Å². The second kappa shape index (κ2) is 9.94. The monoisotopic (exact) mass is 453 g/mol. The maximum absolute atomic E-state index is 13.8. The maximum Gasteiger partial charge on any atom is 0.227 e. The molecule has 4 rings (SSSR count). The van der Waals surface area contributed by atoms with Crippen LogP contribution in [0.5, 0.6) is 0 Å². The van der Waals surface area contributed by atoms with Crippen LogP contribution in [0, 0.1) is 5.92 Å². The number of fused-ring (bicyclic) bond motifs is 2.